The van der Waals surface area contributed by atoms with E-state index in [2.05, 4.69) is 15.1 Å². The van der Waals surface area contributed by atoms with E-state index in [1.165, 1.54) is 24.2 Å². The first kappa shape index (κ1) is 16.7. The van der Waals surface area contributed by atoms with E-state index >= 15 is 0 Å². The number of fused-ring (bicyclic) bond motifs is 1. The second-order valence-electron chi connectivity index (χ2n) is 7.55. The number of hydrogen-bond donors (Lipinski definition) is 1. The molecule has 27 heavy (non-hydrogen) atoms. The first-order chi connectivity index (χ1) is 13.1. The SMILES string of the molecule is Cc1c(C(=O)N2CCC(C3CC3)CC2)cnn1-c1nc2sccc2c(=O)[nH]1. The molecule has 1 N–H and O–H groups in total. The van der Waals surface area contributed by atoms with Crippen LogP contribution in [0.4, 0.5) is 0 Å². The number of nitrogens with one attached hydrogen (secondary N) is 1. The minimum Gasteiger partial charge on any atom is -0.339 e. The molecule has 140 valence electrons. The molecule has 2 fully saturated rings. The first-order valence-corrected chi connectivity index (χ1v) is 10.3. The van der Waals surface area contributed by atoms with Crippen molar-refractivity contribution in [2.24, 2.45) is 11.8 Å². The van der Waals surface area contributed by atoms with Crippen molar-refractivity contribution < 1.29 is 4.79 Å². The van der Waals surface area contributed by atoms with Gasteiger partial charge in [-0.25, -0.2) is 9.67 Å². The Morgan fingerprint density at radius 1 is 1.22 bits per heavy atom. The van der Waals surface area contributed by atoms with Gasteiger partial charge in [0.25, 0.3) is 11.5 Å². The summed E-state index contributed by atoms with van der Waals surface area (Å²) >= 11 is 1.41. The van der Waals surface area contributed by atoms with Crippen LogP contribution >= 0.6 is 11.3 Å². The Balaban J connectivity index is 1.40. The molecule has 0 spiro atoms. The molecule has 1 aliphatic carbocycles. The van der Waals surface area contributed by atoms with Gasteiger partial charge in [0.1, 0.15) is 4.83 Å². The van der Waals surface area contributed by atoms with Crippen LogP contribution in [0.5, 0.6) is 0 Å². The van der Waals surface area contributed by atoms with Gasteiger partial charge < -0.3 is 4.90 Å². The molecule has 3 aromatic heterocycles. The lowest BCUT2D eigenvalue weighted by Crippen LogP contribution is -2.39. The number of H-pyrrole nitrogens is 1. The zero-order valence-electron chi connectivity index (χ0n) is 15.1. The second kappa shape index (κ2) is 6.30. The molecule has 2 aliphatic rings. The molecule has 4 heterocycles. The third-order valence-electron chi connectivity index (χ3n) is 5.88. The fourth-order valence-electron chi connectivity index (χ4n) is 4.10. The summed E-state index contributed by atoms with van der Waals surface area (Å²) in [7, 11) is 0. The predicted octanol–water partition coefficient (Wildman–Crippen LogP) is 2.74. The highest BCUT2D eigenvalue weighted by atomic mass is 32.1. The van der Waals surface area contributed by atoms with Gasteiger partial charge in [-0.2, -0.15) is 5.10 Å². The maximum atomic E-state index is 13.0. The molecule has 1 saturated heterocycles. The molecule has 0 atom stereocenters. The third-order valence-corrected chi connectivity index (χ3v) is 6.69. The summed E-state index contributed by atoms with van der Waals surface area (Å²) in [6, 6.07) is 1.76. The molecule has 0 radical (unpaired) electrons. The van der Waals surface area contributed by atoms with E-state index in [9.17, 15) is 9.59 Å². The van der Waals surface area contributed by atoms with Gasteiger partial charge in [-0.15, -0.1) is 11.3 Å². The molecule has 8 heteroatoms. The number of amides is 1. The molecule has 1 amide bonds. The Kier molecular flexibility index (Phi) is 3.89. The third kappa shape index (κ3) is 2.88. The lowest BCUT2D eigenvalue weighted by Gasteiger charge is -2.32. The zero-order chi connectivity index (χ0) is 18.5. The highest BCUT2D eigenvalue weighted by molar-refractivity contribution is 7.16. The standard InChI is InChI=1S/C19H21N5O2S/c1-11-15(18(26)23-7-4-13(5-8-23)12-2-3-12)10-20-24(11)19-21-16(25)14-6-9-27-17(14)22-19/h6,9-10,12-13H,2-5,7-8H2,1H3,(H,21,22,25). The van der Waals surface area contributed by atoms with Crippen LogP contribution in [0.25, 0.3) is 16.2 Å². The number of aromatic amines is 1. The number of hydrogen-bond acceptors (Lipinski definition) is 5. The van der Waals surface area contributed by atoms with Crippen molar-refractivity contribution in [1.29, 1.82) is 0 Å². The summed E-state index contributed by atoms with van der Waals surface area (Å²) in [5.41, 5.74) is 1.08. The average Bonchev–Trinajstić information content (AvgIpc) is 3.29. The monoisotopic (exact) mass is 383 g/mol. The van der Waals surface area contributed by atoms with Crippen LogP contribution in [0, 0.1) is 18.8 Å². The number of thiophene rings is 1. The van der Waals surface area contributed by atoms with Crippen molar-refractivity contribution in [3.05, 3.63) is 39.3 Å². The van der Waals surface area contributed by atoms with Crippen molar-refractivity contribution in [2.45, 2.75) is 32.6 Å². The molecule has 0 aromatic carbocycles. The summed E-state index contributed by atoms with van der Waals surface area (Å²) in [4.78, 5) is 35.1. The van der Waals surface area contributed by atoms with E-state index in [1.807, 2.05) is 17.2 Å². The largest absolute Gasteiger partial charge is 0.339 e. The van der Waals surface area contributed by atoms with Gasteiger partial charge in [0.05, 0.1) is 22.8 Å². The van der Waals surface area contributed by atoms with E-state index in [-0.39, 0.29) is 11.5 Å². The molecule has 1 saturated carbocycles. The number of rotatable bonds is 3. The van der Waals surface area contributed by atoms with E-state index in [0.29, 0.717) is 27.4 Å². The number of carbonyl (C=O) groups is 1. The van der Waals surface area contributed by atoms with Crippen LogP contribution in [-0.2, 0) is 0 Å². The highest BCUT2D eigenvalue weighted by Crippen LogP contribution is 2.41. The summed E-state index contributed by atoms with van der Waals surface area (Å²) < 4.78 is 1.55. The maximum absolute atomic E-state index is 13.0. The number of likely N-dealkylation sites (tertiary alicyclic amines) is 1. The minimum atomic E-state index is -0.193. The van der Waals surface area contributed by atoms with Gasteiger partial charge in [-0.1, -0.05) is 0 Å². The van der Waals surface area contributed by atoms with Crippen LogP contribution in [0.1, 0.15) is 41.7 Å². The highest BCUT2D eigenvalue weighted by Gasteiger charge is 2.35. The van der Waals surface area contributed by atoms with E-state index in [0.717, 1.165) is 37.8 Å². The van der Waals surface area contributed by atoms with Crippen LogP contribution in [0.2, 0.25) is 0 Å². The van der Waals surface area contributed by atoms with Crippen LogP contribution in [0.3, 0.4) is 0 Å². The van der Waals surface area contributed by atoms with Crippen molar-refractivity contribution in [1.82, 2.24) is 24.6 Å². The second-order valence-corrected chi connectivity index (χ2v) is 8.45. The van der Waals surface area contributed by atoms with Crippen molar-refractivity contribution in [3.63, 3.8) is 0 Å². The minimum absolute atomic E-state index is 0.0209. The summed E-state index contributed by atoms with van der Waals surface area (Å²) in [5, 5.41) is 6.74. The van der Waals surface area contributed by atoms with Crippen molar-refractivity contribution in [3.8, 4) is 5.95 Å². The van der Waals surface area contributed by atoms with Gasteiger partial charge in [0.2, 0.25) is 5.95 Å². The van der Waals surface area contributed by atoms with E-state index in [1.54, 1.807) is 16.9 Å². The maximum Gasteiger partial charge on any atom is 0.261 e. The molecular formula is C19H21N5O2S. The van der Waals surface area contributed by atoms with Gasteiger partial charge in [-0.3, -0.25) is 14.6 Å². The lowest BCUT2D eigenvalue weighted by molar-refractivity contribution is 0.0680. The van der Waals surface area contributed by atoms with Crippen LogP contribution < -0.4 is 5.56 Å². The van der Waals surface area contributed by atoms with Crippen LogP contribution in [0.15, 0.2) is 22.4 Å². The normalized spacial score (nSPS) is 18.3. The quantitative estimate of drug-likeness (QED) is 0.754. The Morgan fingerprint density at radius 3 is 2.70 bits per heavy atom. The number of nitrogens with zero attached hydrogens (tertiary/aromatic N) is 4. The lowest BCUT2D eigenvalue weighted by atomic mass is 9.92. The molecule has 5 rings (SSSR count). The first-order valence-electron chi connectivity index (χ1n) is 9.43. The van der Waals surface area contributed by atoms with E-state index in [4.69, 9.17) is 0 Å². The molecule has 1 aliphatic heterocycles. The zero-order valence-corrected chi connectivity index (χ0v) is 16.0. The Morgan fingerprint density at radius 2 is 1.96 bits per heavy atom. The molecule has 0 unspecified atom stereocenters. The summed E-state index contributed by atoms with van der Waals surface area (Å²) in [6.07, 6.45) is 6.53. The van der Waals surface area contributed by atoms with Gasteiger partial charge in [0, 0.05) is 13.1 Å². The molecule has 3 aromatic rings. The fraction of sp³-hybridized carbons (Fsp3) is 0.474. The number of aromatic nitrogens is 4. The summed E-state index contributed by atoms with van der Waals surface area (Å²) in [5.74, 6) is 2.07. The van der Waals surface area contributed by atoms with Crippen LogP contribution in [-0.4, -0.2) is 43.6 Å². The van der Waals surface area contributed by atoms with Gasteiger partial charge in [-0.05, 0) is 55.9 Å². The molecule has 7 nitrogen and oxygen atoms in total. The van der Waals surface area contributed by atoms with E-state index < -0.39 is 0 Å². The van der Waals surface area contributed by atoms with Crippen molar-refractivity contribution >= 4 is 27.5 Å². The van der Waals surface area contributed by atoms with Crippen molar-refractivity contribution in [2.75, 3.05) is 13.1 Å². The topological polar surface area (TPSA) is 83.9 Å². The Labute approximate surface area is 160 Å². The number of carbonyl (C=O) groups excluding carboxylic acids is 1. The molecular weight excluding hydrogens is 362 g/mol. The average molecular weight is 383 g/mol. The Hall–Kier alpha value is -2.48. The van der Waals surface area contributed by atoms with Gasteiger partial charge in [0.15, 0.2) is 0 Å². The van der Waals surface area contributed by atoms with Gasteiger partial charge >= 0.3 is 0 Å². The smallest absolute Gasteiger partial charge is 0.261 e. The molecule has 0 bridgehead atoms. The summed E-state index contributed by atoms with van der Waals surface area (Å²) in [6.45, 7) is 3.48. The predicted molar refractivity (Wildman–Crippen MR) is 103 cm³/mol. The Bertz CT molecular complexity index is 1070. The number of piperidine rings is 1. The fourth-order valence-corrected chi connectivity index (χ4v) is 4.86.